The van der Waals surface area contributed by atoms with Crippen LogP contribution in [0, 0.1) is 23.3 Å². The van der Waals surface area contributed by atoms with Gasteiger partial charge in [-0.15, -0.1) is 0 Å². The molecule has 0 bridgehead atoms. The number of benzene rings is 2. The fourth-order valence-corrected chi connectivity index (χ4v) is 4.59. The molecule has 0 aliphatic heterocycles. The van der Waals surface area contributed by atoms with Crippen LogP contribution in [0.15, 0.2) is 17.0 Å². The molecule has 10 heteroatoms. The number of hydrogen-bond donors (Lipinski definition) is 1. The Bertz CT molecular complexity index is 1300. The molecule has 0 atom stereocenters. The van der Waals surface area contributed by atoms with E-state index >= 15 is 0 Å². The molecular formula is C28H36F4O5S. The van der Waals surface area contributed by atoms with E-state index in [2.05, 4.69) is 13.8 Å². The molecule has 0 spiro atoms. The van der Waals surface area contributed by atoms with Crippen molar-refractivity contribution in [2.45, 2.75) is 103 Å². The van der Waals surface area contributed by atoms with Crippen LogP contribution >= 0.6 is 0 Å². The average Bonchev–Trinajstić information content (AvgIpc) is 2.83. The van der Waals surface area contributed by atoms with Crippen molar-refractivity contribution in [3.8, 4) is 5.75 Å². The minimum absolute atomic E-state index is 0.0119. The summed E-state index contributed by atoms with van der Waals surface area (Å²) in [4.78, 5) is 11.4. The monoisotopic (exact) mass is 560 g/mol. The molecule has 5 nitrogen and oxygen atoms in total. The summed E-state index contributed by atoms with van der Waals surface area (Å²) in [6, 6.07) is 3.71. The van der Waals surface area contributed by atoms with E-state index in [1.807, 2.05) is 60.6 Å². The number of carbonyl (C=O) groups is 1. The van der Waals surface area contributed by atoms with Gasteiger partial charge in [-0.2, -0.15) is 17.2 Å². The zero-order valence-corrected chi connectivity index (χ0v) is 24.1. The molecule has 38 heavy (non-hydrogen) atoms. The maximum atomic E-state index is 14.7. The lowest BCUT2D eigenvalue weighted by Gasteiger charge is -2.35. The lowest BCUT2D eigenvalue weighted by atomic mass is 9.69. The zero-order valence-electron chi connectivity index (χ0n) is 23.3. The molecule has 212 valence electrons. The van der Waals surface area contributed by atoms with Gasteiger partial charge in [0.05, 0.1) is 5.56 Å². The van der Waals surface area contributed by atoms with Gasteiger partial charge in [0, 0.05) is 0 Å². The highest BCUT2D eigenvalue weighted by molar-refractivity contribution is 7.85. The Morgan fingerprint density at radius 2 is 1.13 bits per heavy atom. The molecule has 2 aromatic carbocycles. The van der Waals surface area contributed by atoms with Gasteiger partial charge in [-0.3, -0.25) is 4.55 Å². The van der Waals surface area contributed by atoms with Gasteiger partial charge in [0.1, 0.15) is 0 Å². The van der Waals surface area contributed by atoms with E-state index in [4.69, 9.17) is 9.29 Å². The second-order valence-corrected chi connectivity index (χ2v) is 12.8. The maximum Gasteiger partial charge on any atom is 0.344 e. The number of halogens is 4. The highest BCUT2D eigenvalue weighted by Gasteiger charge is 2.38. The molecule has 0 saturated carbocycles. The first-order valence-electron chi connectivity index (χ1n) is 12.4. The maximum absolute atomic E-state index is 14.7. The van der Waals surface area contributed by atoms with E-state index in [1.54, 1.807) is 0 Å². The number of ether oxygens (including phenoxy) is 1. The van der Waals surface area contributed by atoms with Gasteiger partial charge in [0.2, 0.25) is 17.4 Å². The van der Waals surface area contributed by atoms with Gasteiger partial charge in [-0.05, 0) is 52.2 Å². The Morgan fingerprint density at radius 3 is 1.45 bits per heavy atom. The van der Waals surface area contributed by atoms with Crippen LogP contribution in [0.1, 0.15) is 109 Å². The van der Waals surface area contributed by atoms with Crippen molar-refractivity contribution in [2.75, 3.05) is 0 Å². The quantitative estimate of drug-likeness (QED) is 0.111. The summed E-state index contributed by atoms with van der Waals surface area (Å²) in [6.45, 7) is 17.5. The molecule has 0 unspecified atom stereocenters. The molecule has 0 aromatic heterocycles. The van der Waals surface area contributed by atoms with E-state index in [0.29, 0.717) is 24.0 Å². The molecule has 0 amide bonds. The molecule has 0 saturated heterocycles. The van der Waals surface area contributed by atoms with Gasteiger partial charge in [0.15, 0.2) is 16.5 Å². The highest BCUT2D eigenvalue weighted by atomic mass is 32.2. The van der Waals surface area contributed by atoms with Crippen molar-refractivity contribution in [2.24, 2.45) is 0 Å². The first-order chi connectivity index (χ1) is 17.2. The summed E-state index contributed by atoms with van der Waals surface area (Å²) >= 11 is 0. The fourth-order valence-electron chi connectivity index (χ4n) is 3.96. The van der Waals surface area contributed by atoms with Crippen molar-refractivity contribution < 1.29 is 40.1 Å². The normalized spacial score (nSPS) is 13.1. The lowest BCUT2D eigenvalue weighted by Crippen LogP contribution is -2.30. The third-order valence-corrected chi connectivity index (χ3v) is 8.74. The third-order valence-electron chi connectivity index (χ3n) is 7.87. The number of esters is 1. The lowest BCUT2D eigenvalue weighted by molar-refractivity contribution is 0.0710. The molecular weight excluding hydrogens is 524 g/mol. The minimum atomic E-state index is -5.66. The first kappa shape index (κ1) is 31.8. The SMILES string of the molecule is CCC(C)(C)c1cc(C(C)(C)CC)c(C(=O)Oc2c(F)c(F)c(S(=O)(=O)O)c(F)c2F)c(C(C)(C)CC)c1. The van der Waals surface area contributed by atoms with Gasteiger partial charge in [-0.25, -0.2) is 13.6 Å². The summed E-state index contributed by atoms with van der Waals surface area (Å²) < 4.78 is 94.8. The van der Waals surface area contributed by atoms with E-state index in [-0.39, 0.29) is 11.0 Å². The average molecular weight is 561 g/mol. The van der Waals surface area contributed by atoms with Crippen LogP contribution < -0.4 is 4.74 Å². The second-order valence-electron chi connectivity index (χ2n) is 11.4. The van der Waals surface area contributed by atoms with Crippen LogP contribution in [0.4, 0.5) is 17.6 Å². The van der Waals surface area contributed by atoms with E-state index in [9.17, 15) is 30.8 Å². The highest BCUT2D eigenvalue weighted by Crippen LogP contribution is 2.42. The summed E-state index contributed by atoms with van der Waals surface area (Å²) in [5.41, 5.74) is 0.517. The predicted octanol–water partition coefficient (Wildman–Crippen LogP) is 7.77. The smallest absolute Gasteiger partial charge is 0.344 e. The molecule has 2 rings (SSSR count). The third kappa shape index (κ3) is 5.76. The van der Waals surface area contributed by atoms with Crippen molar-refractivity contribution in [1.29, 1.82) is 0 Å². The summed E-state index contributed by atoms with van der Waals surface area (Å²) in [5.74, 6) is -12.3. The number of hydrogen-bond acceptors (Lipinski definition) is 4. The van der Waals surface area contributed by atoms with Crippen LogP contribution in [-0.4, -0.2) is 18.9 Å². The molecule has 0 heterocycles. The summed E-state index contributed by atoms with van der Waals surface area (Å²) in [6.07, 6.45) is 1.93. The van der Waals surface area contributed by atoms with E-state index in [0.717, 1.165) is 12.0 Å². The van der Waals surface area contributed by atoms with Crippen molar-refractivity contribution >= 4 is 16.1 Å². The Labute approximate surface area is 222 Å². The van der Waals surface area contributed by atoms with Crippen molar-refractivity contribution in [1.82, 2.24) is 0 Å². The molecule has 1 N–H and O–H groups in total. The van der Waals surface area contributed by atoms with E-state index < -0.39 is 60.8 Å². The molecule has 2 aromatic rings. The predicted molar refractivity (Wildman–Crippen MR) is 137 cm³/mol. The first-order valence-corrected chi connectivity index (χ1v) is 13.9. The van der Waals surface area contributed by atoms with Crippen molar-refractivity contribution in [3.63, 3.8) is 0 Å². The van der Waals surface area contributed by atoms with E-state index in [1.165, 1.54) is 0 Å². The van der Waals surface area contributed by atoms with Crippen LogP contribution in [0.25, 0.3) is 0 Å². The fraction of sp³-hybridized carbons (Fsp3) is 0.536. The van der Waals surface area contributed by atoms with Crippen LogP contribution in [-0.2, 0) is 26.4 Å². The van der Waals surface area contributed by atoms with Crippen molar-refractivity contribution in [3.05, 3.63) is 57.7 Å². The Balaban J connectivity index is 2.96. The Kier molecular flexibility index (Phi) is 8.86. The minimum Gasteiger partial charge on any atom is -0.416 e. The van der Waals surface area contributed by atoms with Crippen LogP contribution in [0.2, 0.25) is 0 Å². The second kappa shape index (κ2) is 10.6. The molecule has 0 aliphatic carbocycles. The number of carbonyl (C=O) groups excluding carboxylic acids is 1. The molecule has 0 aliphatic rings. The largest absolute Gasteiger partial charge is 0.416 e. The zero-order chi connectivity index (χ0) is 29.6. The van der Waals surface area contributed by atoms with Crippen LogP contribution in [0.5, 0.6) is 5.75 Å². The Morgan fingerprint density at radius 1 is 0.763 bits per heavy atom. The standard InChI is InChI=1S/C28H36F4O5S/c1-10-26(4,5)15-13-16(27(6,7)11-2)18(17(14-15)28(8,9)12-3)25(33)37-23-19(29)21(31)24(38(34,35)36)22(32)20(23)30/h13-14H,10-12H2,1-9H3,(H,34,35,36). The van der Waals surface area contributed by atoms with Gasteiger partial charge in [-0.1, -0.05) is 74.4 Å². The number of rotatable bonds is 9. The molecule has 0 radical (unpaired) electrons. The van der Waals surface area contributed by atoms with Crippen LogP contribution in [0.3, 0.4) is 0 Å². The topological polar surface area (TPSA) is 80.7 Å². The summed E-state index contributed by atoms with van der Waals surface area (Å²) in [5, 5.41) is 0. The van der Waals surface area contributed by atoms with Gasteiger partial charge < -0.3 is 4.74 Å². The Hall–Kier alpha value is -2.46. The van der Waals surface area contributed by atoms with Gasteiger partial charge >= 0.3 is 16.1 Å². The van der Waals surface area contributed by atoms with Gasteiger partial charge in [0.25, 0.3) is 0 Å². The molecule has 0 fully saturated rings. The summed E-state index contributed by atoms with van der Waals surface area (Å²) in [7, 11) is -5.66.